The highest BCUT2D eigenvalue weighted by atomic mass is 19.1. The first-order chi connectivity index (χ1) is 12.0. The van der Waals surface area contributed by atoms with Crippen molar-refractivity contribution in [2.45, 2.75) is 12.5 Å². The Bertz CT molecular complexity index is 863. The molecule has 25 heavy (non-hydrogen) atoms. The van der Waals surface area contributed by atoms with Gasteiger partial charge in [0.15, 0.2) is 0 Å². The van der Waals surface area contributed by atoms with E-state index < -0.39 is 23.7 Å². The summed E-state index contributed by atoms with van der Waals surface area (Å²) in [6.07, 6.45) is 3.27. The first kappa shape index (κ1) is 16.6. The molecule has 2 aromatic rings. The molecule has 3 rings (SSSR count). The van der Waals surface area contributed by atoms with Gasteiger partial charge in [0, 0.05) is 25.9 Å². The molecule has 0 bridgehead atoms. The van der Waals surface area contributed by atoms with Crippen LogP contribution in [-0.2, 0) is 9.59 Å². The molecule has 1 saturated heterocycles. The fraction of sp³-hybridized carbons (Fsp3) is 0.222. The Kier molecular flexibility index (Phi) is 4.44. The summed E-state index contributed by atoms with van der Waals surface area (Å²) in [4.78, 5) is 30.4. The van der Waals surface area contributed by atoms with Crippen LogP contribution in [0.1, 0.15) is 23.6 Å². The number of rotatable bonds is 3. The Morgan fingerprint density at radius 3 is 2.88 bits per heavy atom. The molecule has 2 heterocycles. The number of halogens is 1. The second-order valence-electron chi connectivity index (χ2n) is 5.81. The normalized spacial score (nSPS) is 19.6. The largest absolute Gasteiger partial charge is 0.338 e. The minimum atomic E-state index is -0.705. The van der Waals surface area contributed by atoms with Crippen LogP contribution in [0.25, 0.3) is 0 Å². The Morgan fingerprint density at radius 2 is 2.20 bits per heavy atom. The molecule has 126 valence electrons. The van der Waals surface area contributed by atoms with E-state index in [0.29, 0.717) is 0 Å². The molecule has 1 aromatic heterocycles. The Hall–Kier alpha value is -3.27. The summed E-state index contributed by atoms with van der Waals surface area (Å²) in [5.74, 6) is -1.96. The minimum Gasteiger partial charge on any atom is -0.338 e. The zero-order valence-electron chi connectivity index (χ0n) is 13.4. The van der Waals surface area contributed by atoms with Crippen LogP contribution in [0.2, 0.25) is 0 Å². The van der Waals surface area contributed by atoms with Gasteiger partial charge in [0.1, 0.15) is 17.4 Å². The second-order valence-corrected chi connectivity index (χ2v) is 5.81. The highest BCUT2D eigenvalue weighted by molar-refractivity contribution is 5.98. The molecule has 7 heteroatoms. The number of pyridine rings is 1. The lowest BCUT2D eigenvalue weighted by molar-refractivity contribution is -0.127. The number of nitrogens with one attached hydrogen (secondary N) is 1. The summed E-state index contributed by atoms with van der Waals surface area (Å²) in [5.41, 5.74) is 0.613. The van der Waals surface area contributed by atoms with E-state index in [9.17, 15) is 14.0 Å². The van der Waals surface area contributed by atoms with Crippen LogP contribution in [0.15, 0.2) is 42.7 Å². The topological polar surface area (TPSA) is 86.1 Å². The van der Waals surface area contributed by atoms with Gasteiger partial charge in [-0.3, -0.25) is 14.6 Å². The number of hydrogen-bond donors (Lipinski definition) is 1. The van der Waals surface area contributed by atoms with Crippen molar-refractivity contribution in [3.05, 3.63) is 59.7 Å². The molecule has 0 aliphatic carbocycles. The van der Waals surface area contributed by atoms with Crippen LogP contribution in [0.3, 0.4) is 0 Å². The fourth-order valence-electron chi connectivity index (χ4n) is 3.08. The lowest BCUT2D eigenvalue weighted by atomic mass is 9.93. The number of hydrogen-bond acceptors (Lipinski definition) is 4. The average Bonchev–Trinajstić information content (AvgIpc) is 2.91. The van der Waals surface area contributed by atoms with E-state index in [1.54, 1.807) is 37.6 Å². The highest BCUT2D eigenvalue weighted by Crippen LogP contribution is 2.37. The Balaban J connectivity index is 1.90. The Morgan fingerprint density at radius 1 is 1.40 bits per heavy atom. The number of nitriles is 1. The summed E-state index contributed by atoms with van der Waals surface area (Å²) in [7, 11) is 1.64. The molecule has 1 aromatic carbocycles. The lowest BCUT2D eigenvalue weighted by Gasteiger charge is -2.24. The van der Waals surface area contributed by atoms with E-state index in [1.165, 1.54) is 17.0 Å². The summed E-state index contributed by atoms with van der Waals surface area (Å²) in [5, 5.41) is 11.7. The highest BCUT2D eigenvalue weighted by Gasteiger charge is 2.42. The summed E-state index contributed by atoms with van der Waals surface area (Å²) < 4.78 is 13.7. The predicted molar refractivity (Wildman–Crippen MR) is 87.6 cm³/mol. The zero-order valence-corrected chi connectivity index (χ0v) is 13.4. The molecule has 1 fully saturated rings. The second kappa shape index (κ2) is 6.69. The van der Waals surface area contributed by atoms with Crippen LogP contribution in [0.4, 0.5) is 10.1 Å². The summed E-state index contributed by atoms with van der Waals surface area (Å²) in [6.45, 7) is 0. The SMILES string of the molecule is CN1C(=O)CC(C(=O)Nc2cccc(F)c2C#N)C1c1cccnc1. The van der Waals surface area contributed by atoms with Gasteiger partial charge in [0.2, 0.25) is 11.8 Å². The molecule has 2 atom stereocenters. The molecule has 1 aliphatic rings. The molecule has 1 aliphatic heterocycles. The number of carbonyl (C=O) groups is 2. The first-order valence-electron chi connectivity index (χ1n) is 7.68. The van der Waals surface area contributed by atoms with E-state index in [-0.39, 0.29) is 23.6 Å². The van der Waals surface area contributed by atoms with Crippen molar-refractivity contribution >= 4 is 17.5 Å². The smallest absolute Gasteiger partial charge is 0.230 e. The van der Waals surface area contributed by atoms with E-state index in [1.807, 2.05) is 0 Å². The van der Waals surface area contributed by atoms with E-state index in [4.69, 9.17) is 5.26 Å². The maximum atomic E-state index is 13.7. The summed E-state index contributed by atoms with van der Waals surface area (Å²) >= 11 is 0. The molecule has 2 amide bonds. The van der Waals surface area contributed by atoms with Gasteiger partial charge in [-0.05, 0) is 23.8 Å². The number of aromatic nitrogens is 1. The molecule has 0 radical (unpaired) electrons. The van der Waals surface area contributed by atoms with Gasteiger partial charge in [-0.1, -0.05) is 12.1 Å². The molecular formula is C18H15FN4O2. The van der Waals surface area contributed by atoms with Crippen molar-refractivity contribution < 1.29 is 14.0 Å². The Labute approximate surface area is 143 Å². The fourth-order valence-corrected chi connectivity index (χ4v) is 3.08. The average molecular weight is 338 g/mol. The van der Waals surface area contributed by atoms with Crippen LogP contribution in [0, 0.1) is 23.1 Å². The monoisotopic (exact) mass is 338 g/mol. The van der Waals surface area contributed by atoms with Gasteiger partial charge < -0.3 is 10.2 Å². The van der Waals surface area contributed by atoms with E-state index in [2.05, 4.69) is 10.3 Å². The number of anilines is 1. The van der Waals surface area contributed by atoms with Crippen molar-refractivity contribution in [2.75, 3.05) is 12.4 Å². The maximum Gasteiger partial charge on any atom is 0.230 e. The number of amides is 2. The van der Waals surface area contributed by atoms with Crippen molar-refractivity contribution in [3.63, 3.8) is 0 Å². The summed E-state index contributed by atoms with van der Waals surface area (Å²) in [6, 6.07) is 8.85. The molecule has 6 nitrogen and oxygen atoms in total. The number of nitrogens with zero attached hydrogens (tertiary/aromatic N) is 3. The van der Waals surface area contributed by atoms with Crippen molar-refractivity contribution in [3.8, 4) is 6.07 Å². The van der Waals surface area contributed by atoms with Gasteiger partial charge in [0.05, 0.1) is 17.6 Å². The van der Waals surface area contributed by atoms with Gasteiger partial charge >= 0.3 is 0 Å². The van der Waals surface area contributed by atoms with Gasteiger partial charge in [-0.25, -0.2) is 4.39 Å². The van der Waals surface area contributed by atoms with Crippen LogP contribution < -0.4 is 5.32 Å². The minimum absolute atomic E-state index is 0.0408. The number of benzene rings is 1. The third-order valence-electron chi connectivity index (χ3n) is 4.33. The van der Waals surface area contributed by atoms with Gasteiger partial charge in [-0.15, -0.1) is 0 Å². The zero-order chi connectivity index (χ0) is 18.0. The lowest BCUT2D eigenvalue weighted by Crippen LogP contribution is -2.30. The maximum absolute atomic E-state index is 13.7. The third-order valence-corrected chi connectivity index (χ3v) is 4.33. The van der Waals surface area contributed by atoms with Gasteiger partial charge in [-0.2, -0.15) is 5.26 Å². The van der Waals surface area contributed by atoms with Crippen molar-refractivity contribution in [1.29, 1.82) is 5.26 Å². The standard InChI is InChI=1S/C18H15FN4O2/c1-23-16(24)8-12(17(23)11-4-3-7-21-10-11)18(25)22-15-6-2-5-14(19)13(15)9-20/h2-7,10,12,17H,8H2,1H3,(H,22,25). The van der Waals surface area contributed by atoms with Gasteiger partial charge in [0.25, 0.3) is 0 Å². The molecule has 1 N–H and O–H groups in total. The molecule has 0 spiro atoms. The number of carbonyl (C=O) groups excluding carboxylic acids is 2. The van der Waals surface area contributed by atoms with Crippen LogP contribution in [-0.4, -0.2) is 28.7 Å². The quantitative estimate of drug-likeness (QED) is 0.930. The van der Waals surface area contributed by atoms with Crippen molar-refractivity contribution in [1.82, 2.24) is 9.88 Å². The van der Waals surface area contributed by atoms with E-state index in [0.717, 1.165) is 11.6 Å². The molecule has 0 saturated carbocycles. The third kappa shape index (κ3) is 3.06. The van der Waals surface area contributed by atoms with Crippen LogP contribution >= 0.6 is 0 Å². The van der Waals surface area contributed by atoms with Crippen molar-refractivity contribution in [2.24, 2.45) is 5.92 Å². The molecule has 2 unspecified atom stereocenters. The number of likely N-dealkylation sites (tertiary alicyclic amines) is 1. The first-order valence-corrected chi connectivity index (χ1v) is 7.68. The van der Waals surface area contributed by atoms with Crippen LogP contribution in [0.5, 0.6) is 0 Å². The predicted octanol–water partition coefficient (Wildman–Crippen LogP) is 2.25. The van der Waals surface area contributed by atoms with E-state index >= 15 is 0 Å². The molecular weight excluding hydrogens is 323 g/mol.